The number of aliphatic hydroxyl groups is 3. The summed E-state index contributed by atoms with van der Waals surface area (Å²) in [4.78, 5) is 182. The summed E-state index contributed by atoms with van der Waals surface area (Å²) >= 11 is 11.5. The van der Waals surface area contributed by atoms with Gasteiger partial charge in [0.1, 0.15) is 72.0 Å². The van der Waals surface area contributed by atoms with Gasteiger partial charge in [0.2, 0.25) is 65.3 Å². The number of phenolic OH excluding ortho intramolecular Hbond substituents is 1. The fraction of sp³-hybridized carbons (Fsp3) is 0.524. The van der Waals surface area contributed by atoms with Gasteiger partial charge in [0, 0.05) is 117 Å². The molecule has 3 aliphatic rings. The lowest BCUT2D eigenvalue weighted by Gasteiger charge is -2.31. The summed E-state index contributed by atoms with van der Waals surface area (Å²) in [5, 5.41) is 72.6. The SMILES string of the molecule is CCNC(=O)[C@@H]1CCCN1C(=O)[C@@H](CCCN=C(N)N)NC(=O)[C@@H](CC(C)C)NC(=O)[C@@H](CC(C)C)NC(=O)[C@@H](Cc1ccc(O)cc1)NC(=O)[C@@H](CO)NC(=O)[C@H](Cc1c[nH]c2ccccc12)NC(=O)[C@H](Cc1cnc[nH]1)NC(=O)[C@H]1CCC(=O)N1.Nc1ccn([C@@H]2O[C@H](CO)[C@@H](O)C2(F)F)c(=O)n1.O=C(O)CCCc1ccc(N(CCCl)CCCl)cc1. The lowest BCUT2D eigenvalue weighted by molar-refractivity contribution is -0.142. The second-order valence-corrected chi connectivity index (χ2v) is 31.7. The van der Waals surface area contributed by atoms with Crippen molar-refractivity contribution in [2.75, 3.05) is 68.3 Å². The van der Waals surface area contributed by atoms with Crippen molar-refractivity contribution in [1.82, 2.24) is 77.3 Å². The number of anilines is 2. The molecule has 3 aliphatic heterocycles. The molecule has 42 heteroatoms. The number of carbonyl (C=O) groups is 11. The third-order valence-corrected chi connectivity index (χ3v) is 20.8. The van der Waals surface area contributed by atoms with Crippen LogP contribution in [0.4, 0.5) is 20.3 Å². The van der Waals surface area contributed by atoms with Crippen LogP contribution in [-0.2, 0) is 83.2 Å². The first-order valence-corrected chi connectivity index (χ1v) is 42.0. The van der Waals surface area contributed by atoms with Crippen molar-refractivity contribution in [2.45, 2.75) is 203 Å². The molecule has 3 saturated heterocycles. The number of fused-ring (bicyclic) bond motifs is 1. The first-order chi connectivity index (χ1) is 59.1. The second-order valence-electron chi connectivity index (χ2n) is 30.9. The van der Waals surface area contributed by atoms with Crippen LogP contribution in [0.1, 0.15) is 127 Å². The van der Waals surface area contributed by atoms with Crippen molar-refractivity contribution in [2.24, 2.45) is 28.3 Å². The van der Waals surface area contributed by atoms with Crippen molar-refractivity contribution < 1.29 is 91.8 Å². The van der Waals surface area contributed by atoms with E-state index in [4.69, 9.17) is 55.4 Å². The highest BCUT2D eigenvalue weighted by molar-refractivity contribution is 6.18. The number of aromatic nitrogens is 5. The number of likely N-dealkylation sites (tertiary alicyclic amines) is 1. The Morgan fingerprint density at radius 1 is 0.718 bits per heavy atom. The lowest BCUT2D eigenvalue weighted by atomic mass is 9.98. The number of imidazole rings is 1. The van der Waals surface area contributed by atoms with Gasteiger partial charge >= 0.3 is 17.6 Å². The number of aryl methyl sites for hydroxylation is 1. The van der Waals surface area contributed by atoms with E-state index in [-0.39, 0.29) is 118 Å². The van der Waals surface area contributed by atoms with Gasteiger partial charge in [-0.3, -0.25) is 62.3 Å². The highest BCUT2D eigenvalue weighted by atomic mass is 35.5. The number of aromatic amines is 2. The molecule has 3 aromatic carbocycles. The molecule has 678 valence electrons. The lowest BCUT2D eigenvalue weighted by Crippen LogP contribution is -2.61. The molecule has 10 amide bonds. The number of nitrogens with one attached hydrogen (secondary N) is 11. The largest absolute Gasteiger partial charge is 0.508 e. The maximum absolute atomic E-state index is 14.7. The van der Waals surface area contributed by atoms with Gasteiger partial charge in [0.25, 0.3) is 0 Å². The molecule has 0 spiro atoms. The zero-order chi connectivity index (χ0) is 90.9. The smallest absolute Gasteiger partial charge is 0.351 e. The summed E-state index contributed by atoms with van der Waals surface area (Å²) in [5.41, 5.74) is 19.8. The van der Waals surface area contributed by atoms with Gasteiger partial charge in [-0.1, -0.05) is 70.2 Å². The number of nitrogen functional groups attached to an aromatic ring is 1. The zero-order valence-corrected chi connectivity index (χ0v) is 71.1. The Morgan fingerprint density at radius 2 is 1.30 bits per heavy atom. The number of benzene rings is 3. The number of alkyl halides is 4. The van der Waals surface area contributed by atoms with Crippen LogP contribution in [0.25, 0.3) is 10.9 Å². The number of para-hydroxylation sites is 1. The van der Waals surface area contributed by atoms with E-state index in [1.165, 1.54) is 41.7 Å². The number of amides is 10. The topological polar surface area (TPSA) is 583 Å². The standard InChI is InChI=1S/C59H84N16O12.C14H19Cl2NO2.C9H11F2N3O4/c1-6-63-57(86)48-14-10-22-75(48)58(87)41(13-9-21-64-59(60)61)68-51(80)42(23-32(2)3)69-52(81)43(24-33(4)5)70-53(82)44(25-34-15-17-37(77)18-16-34)71-56(85)47(30-76)74-54(83)45(26-35-28-65-39-12-8-7-11-38(35)39)72-55(84)46(27-36-29-62-31-66-36)73-50(79)40-19-20-49(78)67-40;15-8-10-17(11-9-16)13-6-4-12(5-7-13)2-1-3-14(18)19;10-9(11)6(16)4(3-15)18-7(9)14-2-1-5(12)13-8(14)17/h7-8,11-12,15-18,28-29,31-33,40-48,65,76-77H,6,9-10,13-14,19-27,30H2,1-5H3,(H,62,66)(H,63,86)(H,67,78)(H,68,80)(H,69,81)(H,70,82)(H,71,85)(H,72,84)(H,73,79)(H,74,83)(H4,60,61,64);4-7H,1-3,8-11H2,(H,18,19);1-2,4,6-7,15-16H,3H2,(H2,12,13,17)/t40-,41-,42-,43-,44-,45+,46+,47-,48+;;4-,6-,7-/m1.1/s1. The fourth-order valence-corrected chi connectivity index (χ4v) is 14.5. The minimum atomic E-state index is -3.71. The van der Waals surface area contributed by atoms with E-state index in [2.05, 4.69) is 77.7 Å². The summed E-state index contributed by atoms with van der Waals surface area (Å²) in [6, 6.07) is 10.9. The maximum Gasteiger partial charge on any atom is 0.351 e. The average molecular weight is 1780 g/mol. The molecule has 6 aromatic rings. The molecular weight excluding hydrogens is 1660 g/mol. The number of hydrogen-bond acceptors (Lipinski definition) is 22. The molecule has 124 heavy (non-hydrogen) atoms. The van der Waals surface area contributed by atoms with Crippen molar-refractivity contribution in [3.63, 3.8) is 0 Å². The van der Waals surface area contributed by atoms with E-state index in [1.54, 1.807) is 45.2 Å². The van der Waals surface area contributed by atoms with Crippen molar-refractivity contribution >= 4 is 117 Å². The predicted molar refractivity (Wildman–Crippen MR) is 456 cm³/mol. The molecule has 22 N–H and O–H groups in total. The number of aliphatic carboxylic acids is 1. The Bertz CT molecular complexity index is 4610. The minimum absolute atomic E-state index is 0.0397. The van der Waals surface area contributed by atoms with Crippen LogP contribution < -0.4 is 75.6 Å². The molecular formula is C82H114Cl2F2N20O18. The number of nitrogens with two attached hydrogens (primary N) is 3. The molecule has 0 bridgehead atoms. The number of carbonyl (C=O) groups excluding carboxylic acids is 10. The first-order valence-electron chi connectivity index (χ1n) is 40.9. The molecule has 0 unspecified atom stereocenters. The summed E-state index contributed by atoms with van der Waals surface area (Å²) in [7, 11) is 0. The van der Waals surface area contributed by atoms with Gasteiger partial charge in [0.15, 0.2) is 12.1 Å². The van der Waals surface area contributed by atoms with Gasteiger partial charge in [-0.05, 0) is 130 Å². The van der Waals surface area contributed by atoms with Crippen LogP contribution in [0.15, 0.2) is 114 Å². The third kappa shape index (κ3) is 30.1. The number of halogens is 4. The molecule has 9 rings (SSSR count). The number of aromatic hydroxyl groups is 1. The number of phenols is 1. The van der Waals surface area contributed by atoms with Crippen LogP contribution >= 0.6 is 23.2 Å². The molecule has 0 aliphatic carbocycles. The number of guanidine groups is 1. The maximum atomic E-state index is 14.7. The van der Waals surface area contributed by atoms with Crippen LogP contribution in [0.2, 0.25) is 0 Å². The molecule has 6 heterocycles. The summed E-state index contributed by atoms with van der Waals surface area (Å²) in [5.74, 6) is -11.0. The summed E-state index contributed by atoms with van der Waals surface area (Å²) in [6.45, 7) is 9.58. The minimum Gasteiger partial charge on any atom is -0.508 e. The number of hydrogen-bond donors (Lipinski definition) is 19. The monoisotopic (exact) mass is 1770 g/mol. The third-order valence-electron chi connectivity index (χ3n) is 20.4. The Morgan fingerprint density at radius 3 is 1.85 bits per heavy atom. The van der Waals surface area contributed by atoms with E-state index in [0.717, 1.165) is 48.5 Å². The Kier molecular flexibility index (Phi) is 39.4. The number of carboxylic acid groups (broad SMARTS) is 1. The van der Waals surface area contributed by atoms with Gasteiger partial charge in [-0.25, -0.2) is 9.78 Å². The van der Waals surface area contributed by atoms with E-state index in [1.807, 2.05) is 44.2 Å². The quantitative estimate of drug-likeness (QED) is 0.0108. The normalized spacial score (nSPS) is 18.1. The number of aliphatic hydroxyl groups excluding tert-OH is 3. The summed E-state index contributed by atoms with van der Waals surface area (Å²) < 4.78 is 32.7. The zero-order valence-electron chi connectivity index (χ0n) is 69.6. The van der Waals surface area contributed by atoms with Gasteiger partial charge in [-0.15, -0.1) is 23.2 Å². The molecule has 0 radical (unpaired) electrons. The molecule has 12 atom stereocenters. The number of aliphatic imine (C=N–C) groups is 1. The average Bonchev–Trinajstić information content (AvgIpc) is 1.61. The highest BCUT2D eigenvalue weighted by Gasteiger charge is 2.59. The second kappa shape index (κ2) is 49.0. The van der Waals surface area contributed by atoms with Crippen LogP contribution in [-0.4, -0.2) is 256 Å². The number of H-pyrrole nitrogens is 2. The number of ether oxygens (including phenoxy) is 1. The number of rotatable bonds is 43. The molecule has 3 fully saturated rings. The number of nitrogens with zero attached hydrogens (tertiary/aromatic N) is 6. The highest BCUT2D eigenvalue weighted by Crippen LogP contribution is 2.42. The van der Waals surface area contributed by atoms with Crippen LogP contribution in [0, 0.1) is 11.8 Å². The Hall–Kier alpha value is -11.6. The van der Waals surface area contributed by atoms with E-state index < -0.39 is 151 Å². The van der Waals surface area contributed by atoms with Crippen molar-refractivity contribution in [3.05, 3.63) is 137 Å². The first kappa shape index (κ1) is 99.5. The van der Waals surface area contributed by atoms with Gasteiger partial charge < -0.3 is 115 Å². The van der Waals surface area contributed by atoms with Crippen LogP contribution in [0.3, 0.4) is 0 Å². The van der Waals surface area contributed by atoms with E-state index in [9.17, 15) is 81.6 Å². The molecule has 3 aromatic heterocycles. The fourth-order valence-electron chi connectivity index (χ4n) is 14.1. The Labute approximate surface area is 724 Å². The van der Waals surface area contributed by atoms with E-state index >= 15 is 0 Å². The van der Waals surface area contributed by atoms with Gasteiger partial charge in [-0.2, -0.15) is 13.8 Å². The van der Waals surface area contributed by atoms with Crippen molar-refractivity contribution in [3.8, 4) is 5.75 Å². The van der Waals surface area contributed by atoms with E-state index in [0.29, 0.717) is 64.3 Å². The molecule has 38 nitrogen and oxygen atoms in total. The van der Waals surface area contributed by atoms with Crippen LogP contribution in [0.5, 0.6) is 5.75 Å². The van der Waals surface area contributed by atoms with Gasteiger partial charge in [0.05, 0.1) is 19.5 Å². The Balaban J connectivity index is 0.000000463. The van der Waals surface area contributed by atoms with Crippen molar-refractivity contribution in [1.29, 1.82) is 0 Å². The predicted octanol–water partition coefficient (Wildman–Crippen LogP) is 0.651. The number of carboxylic acids is 1. The number of likely N-dealkylation sites (N-methyl/N-ethyl adjacent to an activating group) is 1. The molecule has 0 saturated carbocycles. The summed E-state index contributed by atoms with van der Waals surface area (Å²) in [6.07, 6.45) is 2.79.